The Kier molecular flexibility index (Phi) is 28.7. The molecule has 0 aromatic heterocycles. The molecule has 0 aliphatic heterocycles. The summed E-state index contributed by atoms with van der Waals surface area (Å²) in [5.41, 5.74) is 1.65. The van der Waals surface area contributed by atoms with Crippen LogP contribution in [-0.4, -0.2) is 61.2 Å². The first-order valence-electron chi connectivity index (χ1n) is 21.7. The molecule has 0 heterocycles. The van der Waals surface area contributed by atoms with Crippen LogP contribution in [0.3, 0.4) is 0 Å². The smallest absolute Gasteiger partial charge is 0.333 e. The zero-order chi connectivity index (χ0) is 41.2. The van der Waals surface area contributed by atoms with Crippen molar-refractivity contribution in [3.05, 3.63) is 71.8 Å². The van der Waals surface area contributed by atoms with E-state index in [2.05, 4.69) is 29.8 Å². The Labute approximate surface area is 347 Å². The topological polar surface area (TPSA) is 140 Å². The zero-order valence-electron chi connectivity index (χ0n) is 34.8. The number of hydrogen-bond acceptors (Lipinski definition) is 8. The number of benzene rings is 2. The first-order chi connectivity index (χ1) is 27.9. The van der Waals surface area contributed by atoms with Crippen LogP contribution in [0.2, 0.25) is 0 Å². The van der Waals surface area contributed by atoms with Crippen LogP contribution in [-0.2, 0) is 39.2 Å². The molecule has 0 aliphatic rings. The van der Waals surface area contributed by atoms with Gasteiger partial charge in [0.15, 0.2) is 6.04 Å². The lowest BCUT2D eigenvalue weighted by atomic mass is 10.1. The van der Waals surface area contributed by atoms with Crippen molar-refractivity contribution in [2.45, 2.75) is 166 Å². The Balaban J connectivity index is 1.97. The average molecular weight is 810 g/mol. The molecule has 3 unspecified atom stereocenters. The second-order valence-electron chi connectivity index (χ2n) is 14.8. The summed E-state index contributed by atoms with van der Waals surface area (Å²) in [7, 11) is 0. The van der Waals surface area contributed by atoms with Crippen molar-refractivity contribution in [3.63, 3.8) is 0 Å². The van der Waals surface area contributed by atoms with E-state index in [0.29, 0.717) is 17.7 Å². The second kappa shape index (κ2) is 33.1. The molecule has 0 spiro atoms. The molecule has 2 rings (SSSR count). The van der Waals surface area contributed by atoms with E-state index >= 15 is 0 Å². The van der Waals surface area contributed by atoms with Crippen LogP contribution >= 0.6 is 11.8 Å². The lowest BCUT2D eigenvalue weighted by Crippen LogP contribution is -2.50. The molecule has 0 bridgehead atoms. The number of nitrogens with one attached hydrogen (secondary N) is 3. The van der Waals surface area contributed by atoms with E-state index in [1.54, 1.807) is 24.3 Å². The predicted molar refractivity (Wildman–Crippen MR) is 230 cm³/mol. The molecule has 10 nitrogen and oxygen atoms in total. The highest BCUT2D eigenvalue weighted by atomic mass is 32.2. The summed E-state index contributed by atoms with van der Waals surface area (Å²) in [6, 6.07) is 15.7. The predicted octanol–water partition coefficient (Wildman–Crippen LogP) is 9.30. The number of thioether (sulfide) groups is 1. The van der Waals surface area contributed by atoms with Crippen LogP contribution in [0.25, 0.3) is 0 Å². The molecule has 2 aromatic rings. The highest BCUT2D eigenvalue weighted by molar-refractivity contribution is 7.98. The normalized spacial score (nSPS) is 12.5. The fourth-order valence-electron chi connectivity index (χ4n) is 6.47. The Morgan fingerprint density at radius 3 is 1.63 bits per heavy atom. The Morgan fingerprint density at radius 2 is 1.11 bits per heavy atom. The van der Waals surface area contributed by atoms with E-state index in [1.807, 2.05) is 36.4 Å². The van der Waals surface area contributed by atoms with E-state index in [4.69, 9.17) is 9.47 Å². The molecular formula is C46H71N3O7S. The quantitative estimate of drug-likeness (QED) is 0.0356. The minimum atomic E-state index is -1.06. The summed E-state index contributed by atoms with van der Waals surface area (Å²) < 4.78 is 11.1. The van der Waals surface area contributed by atoms with Gasteiger partial charge < -0.3 is 25.4 Å². The summed E-state index contributed by atoms with van der Waals surface area (Å²) in [4.78, 5) is 64.8. The van der Waals surface area contributed by atoms with Crippen molar-refractivity contribution in [2.24, 2.45) is 0 Å². The number of amides is 3. The Bertz CT molecular complexity index is 1360. The summed E-state index contributed by atoms with van der Waals surface area (Å²) in [6.07, 6.45) is 20.8. The summed E-state index contributed by atoms with van der Waals surface area (Å²) >= 11 is 1.48. The maximum absolute atomic E-state index is 13.9. The van der Waals surface area contributed by atoms with Crippen LogP contribution in [0.4, 0.5) is 0 Å². The van der Waals surface area contributed by atoms with Crippen molar-refractivity contribution >= 4 is 41.9 Å². The summed E-state index contributed by atoms with van der Waals surface area (Å²) in [5, 5.41) is 8.15. The van der Waals surface area contributed by atoms with E-state index < -0.39 is 41.9 Å². The number of unbranched alkanes of at least 4 members (excludes halogenated alkanes) is 16. The molecule has 2 aromatic carbocycles. The maximum atomic E-state index is 13.9. The van der Waals surface area contributed by atoms with Crippen LogP contribution in [0.5, 0.6) is 0 Å². The first-order valence-corrected chi connectivity index (χ1v) is 22.8. The molecule has 3 atom stereocenters. The van der Waals surface area contributed by atoms with Crippen LogP contribution in [0, 0.1) is 0 Å². The molecule has 0 aliphatic carbocycles. The van der Waals surface area contributed by atoms with Crippen LogP contribution in [0.1, 0.15) is 159 Å². The van der Waals surface area contributed by atoms with E-state index in [1.165, 1.54) is 88.8 Å². The monoisotopic (exact) mass is 810 g/mol. The Morgan fingerprint density at radius 1 is 0.614 bits per heavy atom. The van der Waals surface area contributed by atoms with Gasteiger partial charge in [-0.3, -0.25) is 14.4 Å². The van der Waals surface area contributed by atoms with Crippen LogP contribution < -0.4 is 16.0 Å². The van der Waals surface area contributed by atoms with Gasteiger partial charge in [0.2, 0.25) is 18.2 Å². The number of carbonyl (C=O) groups is 5. The number of rotatable bonds is 35. The lowest BCUT2D eigenvalue weighted by Gasteiger charge is -2.23. The fraction of sp³-hybridized carbons (Fsp3) is 0.630. The highest BCUT2D eigenvalue weighted by Crippen LogP contribution is 2.18. The molecule has 0 radical (unpaired) electrons. The van der Waals surface area contributed by atoms with E-state index in [-0.39, 0.29) is 31.8 Å². The molecule has 0 fully saturated rings. The van der Waals surface area contributed by atoms with E-state index in [0.717, 1.165) is 44.1 Å². The molecule has 57 heavy (non-hydrogen) atoms. The van der Waals surface area contributed by atoms with Gasteiger partial charge in [0, 0.05) is 17.9 Å². The zero-order valence-corrected chi connectivity index (χ0v) is 35.6. The Hall–Kier alpha value is -3.86. The molecule has 0 saturated heterocycles. The maximum Gasteiger partial charge on any atom is 0.333 e. The van der Waals surface area contributed by atoms with Crippen molar-refractivity contribution in [3.8, 4) is 0 Å². The first kappa shape index (κ1) is 49.3. The van der Waals surface area contributed by atoms with Gasteiger partial charge in [0.1, 0.15) is 12.1 Å². The fourth-order valence-corrected chi connectivity index (χ4v) is 7.48. The molecule has 0 saturated carbocycles. The third kappa shape index (κ3) is 23.8. The second-order valence-corrected chi connectivity index (χ2v) is 15.9. The van der Waals surface area contributed by atoms with Crippen LogP contribution in [0.15, 0.2) is 60.7 Å². The minimum absolute atomic E-state index is 0.00422. The molecule has 318 valence electrons. The molecule has 11 heteroatoms. The molecule has 3 N–H and O–H groups in total. The number of hydrogen-bond donors (Lipinski definition) is 3. The van der Waals surface area contributed by atoms with Gasteiger partial charge in [-0.05, 0) is 30.4 Å². The standard InChI is InChI=1S/C46H71N3O7S/c1-3-5-7-9-11-13-14-16-18-26-34-56-46(54)43(39-29-23-20-24-30-39)49-44(52)41(36-57-35-38-27-21-19-22-28-38)48-42(51)32-31-40(47-37-50)45(53)55-33-25-17-15-12-10-8-6-4-2/h19-24,27-30,37,40-41,43H,3-18,25-26,31-36H2,1-2H3,(H,47,50)(H,48,51)(H,49,52). The molecule has 3 amide bonds. The van der Waals surface area contributed by atoms with E-state index in [9.17, 15) is 24.0 Å². The third-order valence-electron chi connectivity index (χ3n) is 9.90. The number of carbonyl (C=O) groups excluding carboxylic acids is 5. The van der Waals surface area contributed by atoms with Crippen molar-refractivity contribution < 1.29 is 33.4 Å². The van der Waals surface area contributed by atoms with Gasteiger partial charge in [-0.15, -0.1) is 0 Å². The lowest BCUT2D eigenvalue weighted by molar-refractivity contribution is -0.148. The largest absolute Gasteiger partial charge is 0.464 e. The SMILES string of the molecule is CCCCCCCCCCCCOC(=O)C(NC(=O)C(CSCc1ccccc1)NC(=O)CCC(NC=O)C(=O)OCCCCCCCCCC)c1ccccc1. The minimum Gasteiger partial charge on any atom is -0.464 e. The molecular weight excluding hydrogens is 739 g/mol. The van der Waals surface area contributed by atoms with Gasteiger partial charge in [-0.25, -0.2) is 9.59 Å². The third-order valence-corrected chi connectivity index (χ3v) is 11.0. The average Bonchev–Trinajstić information content (AvgIpc) is 3.22. The van der Waals surface area contributed by atoms with Gasteiger partial charge in [0.05, 0.1) is 13.2 Å². The van der Waals surface area contributed by atoms with Gasteiger partial charge in [0.25, 0.3) is 0 Å². The van der Waals surface area contributed by atoms with Gasteiger partial charge in [-0.2, -0.15) is 11.8 Å². The summed E-state index contributed by atoms with van der Waals surface area (Å²) in [5.74, 6) is -1.30. The van der Waals surface area contributed by atoms with Crippen molar-refractivity contribution in [1.29, 1.82) is 0 Å². The van der Waals surface area contributed by atoms with Crippen molar-refractivity contribution in [2.75, 3.05) is 19.0 Å². The van der Waals surface area contributed by atoms with Crippen molar-refractivity contribution in [1.82, 2.24) is 16.0 Å². The summed E-state index contributed by atoms with van der Waals surface area (Å²) in [6.45, 7) is 4.93. The number of esters is 2. The highest BCUT2D eigenvalue weighted by Gasteiger charge is 2.29. The number of ether oxygens (including phenoxy) is 2. The van der Waals surface area contributed by atoms with Gasteiger partial charge in [-0.1, -0.05) is 177 Å². The van der Waals surface area contributed by atoms with Gasteiger partial charge >= 0.3 is 11.9 Å².